The van der Waals surface area contributed by atoms with Crippen LogP contribution in [0.15, 0.2) is 12.3 Å². The number of ether oxygens (including phenoxy) is 1. The summed E-state index contributed by atoms with van der Waals surface area (Å²) in [4.78, 5) is 14.4. The van der Waals surface area contributed by atoms with Gasteiger partial charge in [0.15, 0.2) is 0 Å². The molecule has 2 rings (SSSR count). The number of hydrogen-bond acceptors (Lipinski definition) is 2. The van der Waals surface area contributed by atoms with Crippen molar-refractivity contribution in [1.29, 1.82) is 0 Å². The number of esters is 1. The fourth-order valence-electron chi connectivity index (χ4n) is 1.37. The van der Waals surface area contributed by atoms with E-state index in [4.69, 9.17) is 4.74 Å². The first-order valence-electron chi connectivity index (χ1n) is 4.66. The highest BCUT2D eigenvalue weighted by molar-refractivity contribution is 5.89. The summed E-state index contributed by atoms with van der Waals surface area (Å²) in [5, 5.41) is 0. The summed E-state index contributed by atoms with van der Waals surface area (Å²) >= 11 is 0. The number of nitrogens with one attached hydrogen (secondary N) is 1. The molecule has 0 atom stereocenters. The Morgan fingerprint density at radius 1 is 1.69 bits per heavy atom. The zero-order valence-corrected chi connectivity index (χ0v) is 7.67. The third kappa shape index (κ3) is 1.74. The Kier molecular flexibility index (Phi) is 2.08. The van der Waals surface area contributed by atoms with Crippen LogP contribution in [0.4, 0.5) is 0 Å². The predicted octanol–water partition coefficient (Wildman–Crippen LogP) is 2.07. The van der Waals surface area contributed by atoms with Crippen LogP contribution < -0.4 is 0 Å². The molecule has 0 spiro atoms. The highest BCUT2D eigenvalue weighted by atomic mass is 16.5. The number of aromatic amines is 1. The van der Waals surface area contributed by atoms with Crippen LogP contribution in [0.5, 0.6) is 0 Å². The van der Waals surface area contributed by atoms with Gasteiger partial charge in [-0.1, -0.05) is 0 Å². The third-order valence-electron chi connectivity index (χ3n) is 2.23. The molecular weight excluding hydrogens is 166 g/mol. The lowest BCUT2D eigenvalue weighted by molar-refractivity contribution is 0.0526. The molecule has 3 heteroatoms. The molecule has 1 aliphatic rings. The van der Waals surface area contributed by atoms with E-state index in [0.29, 0.717) is 18.1 Å². The Labute approximate surface area is 77.1 Å². The number of rotatable bonds is 3. The maximum absolute atomic E-state index is 11.3. The molecule has 1 heterocycles. The lowest BCUT2D eigenvalue weighted by atomic mass is 10.2. The van der Waals surface area contributed by atoms with Gasteiger partial charge in [0.2, 0.25) is 0 Å². The van der Waals surface area contributed by atoms with Crippen molar-refractivity contribution in [1.82, 2.24) is 4.98 Å². The average molecular weight is 179 g/mol. The second kappa shape index (κ2) is 3.24. The molecule has 0 bridgehead atoms. The van der Waals surface area contributed by atoms with Crippen LogP contribution in [0, 0.1) is 0 Å². The molecule has 1 aromatic rings. The second-order valence-electron chi connectivity index (χ2n) is 3.34. The maximum Gasteiger partial charge on any atom is 0.339 e. The molecule has 0 amide bonds. The van der Waals surface area contributed by atoms with E-state index in [1.165, 1.54) is 18.5 Å². The van der Waals surface area contributed by atoms with Gasteiger partial charge in [-0.2, -0.15) is 0 Å². The zero-order valence-electron chi connectivity index (χ0n) is 7.67. The molecule has 1 N–H and O–H groups in total. The molecule has 1 aliphatic carbocycles. The van der Waals surface area contributed by atoms with Gasteiger partial charge in [0, 0.05) is 11.9 Å². The fourth-order valence-corrected chi connectivity index (χ4v) is 1.37. The topological polar surface area (TPSA) is 42.1 Å². The third-order valence-corrected chi connectivity index (χ3v) is 2.23. The first-order chi connectivity index (χ1) is 6.31. The summed E-state index contributed by atoms with van der Waals surface area (Å²) in [5.41, 5.74) is 1.81. The first-order valence-corrected chi connectivity index (χ1v) is 4.66. The van der Waals surface area contributed by atoms with Crippen molar-refractivity contribution in [2.75, 3.05) is 6.61 Å². The van der Waals surface area contributed by atoms with Crippen molar-refractivity contribution in [2.45, 2.75) is 25.7 Å². The van der Waals surface area contributed by atoms with Gasteiger partial charge in [-0.15, -0.1) is 0 Å². The quantitative estimate of drug-likeness (QED) is 0.722. The van der Waals surface area contributed by atoms with E-state index in [-0.39, 0.29) is 5.97 Å². The lowest BCUT2D eigenvalue weighted by Gasteiger charge is -1.96. The van der Waals surface area contributed by atoms with Crippen LogP contribution in [-0.4, -0.2) is 17.6 Å². The van der Waals surface area contributed by atoms with Gasteiger partial charge in [0.25, 0.3) is 0 Å². The minimum atomic E-state index is -0.231. The van der Waals surface area contributed by atoms with Crippen LogP contribution in [0.25, 0.3) is 0 Å². The molecular formula is C10H13NO2. The van der Waals surface area contributed by atoms with Gasteiger partial charge in [0.1, 0.15) is 0 Å². The van der Waals surface area contributed by atoms with E-state index >= 15 is 0 Å². The molecule has 1 saturated carbocycles. The van der Waals surface area contributed by atoms with E-state index in [1.54, 1.807) is 6.20 Å². The Morgan fingerprint density at radius 3 is 3.08 bits per heavy atom. The lowest BCUT2D eigenvalue weighted by Crippen LogP contribution is -2.02. The van der Waals surface area contributed by atoms with Gasteiger partial charge in [-0.05, 0) is 31.7 Å². The molecule has 0 unspecified atom stereocenters. The fraction of sp³-hybridized carbons (Fsp3) is 0.500. The Morgan fingerprint density at radius 2 is 2.46 bits per heavy atom. The van der Waals surface area contributed by atoms with Crippen molar-refractivity contribution in [2.24, 2.45) is 0 Å². The number of hydrogen-bond donors (Lipinski definition) is 1. The molecule has 70 valence electrons. The maximum atomic E-state index is 11.3. The standard InChI is InChI=1S/C10H13NO2/c1-2-13-10(12)8-5-9(11-6-8)7-3-4-7/h5-7,11H,2-4H2,1H3. The monoisotopic (exact) mass is 179 g/mol. The zero-order chi connectivity index (χ0) is 9.26. The van der Waals surface area contributed by atoms with E-state index in [2.05, 4.69) is 4.98 Å². The van der Waals surface area contributed by atoms with E-state index in [0.717, 1.165) is 0 Å². The number of H-pyrrole nitrogens is 1. The summed E-state index contributed by atoms with van der Waals surface area (Å²) in [6.07, 6.45) is 4.21. The number of aromatic nitrogens is 1. The molecule has 0 aromatic carbocycles. The minimum absolute atomic E-state index is 0.231. The Hall–Kier alpha value is -1.25. The molecule has 0 aliphatic heterocycles. The molecule has 1 fully saturated rings. The van der Waals surface area contributed by atoms with E-state index in [1.807, 2.05) is 13.0 Å². The van der Waals surface area contributed by atoms with Gasteiger partial charge in [-0.25, -0.2) is 4.79 Å². The summed E-state index contributed by atoms with van der Waals surface area (Å²) in [6.45, 7) is 2.25. The summed E-state index contributed by atoms with van der Waals surface area (Å²) in [5.74, 6) is 0.425. The number of carbonyl (C=O) groups is 1. The smallest absolute Gasteiger partial charge is 0.339 e. The van der Waals surface area contributed by atoms with Crippen LogP contribution in [0.2, 0.25) is 0 Å². The highest BCUT2D eigenvalue weighted by Gasteiger charge is 2.25. The van der Waals surface area contributed by atoms with Crippen LogP contribution in [-0.2, 0) is 4.74 Å². The first kappa shape index (κ1) is 8.35. The largest absolute Gasteiger partial charge is 0.462 e. The van der Waals surface area contributed by atoms with Gasteiger partial charge >= 0.3 is 5.97 Å². The molecule has 0 saturated heterocycles. The van der Waals surface area contributed by atoms with E-state index in [9.17, 15) is 4.79 Å². The predicted molar refractivity (Wildman–Crippen MR) is 48.7 cm³/mol. The molecule has 3 nitrogen and oxygen atoms in total. The molecule has 1 aromatic heterocycles. The highest BCUT2D eigenvalue weighted by Crippen LogP contribution is 2.39. The van der Waals surface area contributed by atoms with Gasteiger partial charge in [-0.3, -0.25) is 0 Å². The van der Waals surface area contributed by atoms with Crippen LogP contribution in [0.3, 0.4) is 0 Å². The second-order valence-corrected chi connectivity index (χ2v) is 3.34. The normalized spacial score (nSPS) is 15.8. The van der Waals surface area contributed by atoms with Crippen LogP contribution in [0.1, 0.15) is 41.7 Å². The van der Waals surface area contributed by atoms with Crippen molar-refractivity contribution < 1.29 is 9.53 Å². The average Bonchev–Trinajstić information content (AvgIpc) is 2.84. The molecule has 13 heavy (non-hydrogen) atoms. The SMILES string of the molecule is CCOC(=O)c1c[nH]c(C2CC2)c1. The van der Waals surface area contributed by atoms with Crippen molar-refractivity contribution in [3.8, 4) is 0 Å². The van der Waals surface area contributed by atoms with Gasteiger partial charge < -0.3 is 9.72 Å². The van der Waals surface area contributed by atoms with Crippen molar-refractivity contribution >= 4 is 5.97 Å². The summed E-state index contributed by atoms with van der Waals surface area (Å²) in [7, 11) is 0. The van der Waals surface area contributed by atoms with E-state index < -0.39 is 0 Å². The Bertz CT molecular complexity index is 312. The minimum Gasteiger partial charge on any atom is -0.462 e. The van der Waals surface area contributed by atoms with Crippen molar-refractivity contribution in [3.63, 3.8) is 0 Å². The van der Waals surface area contributed by atoms with Crippen LogP contribution >= 0.6 is 0 Å². The summed E-state index contributed by atoms with van der Waals surface area (Å²) < 4.78 is 4.88. The summed E-state index contributed by atoms with van der Waals surface area (Å²) in [6, 6.07) is 1.90. The molecule has 0 radical (unpaired) electrons. The number of carbonyl (C=O) groups excluding carboxylic acids is 1. The van der Waals surface area contributed by atoms with Crippen molar-refractivity contribution in [3.05, 3.63) is 23.5 Å². The Balaban J connectivity index is 2.07. The van der Waals surface area contributed by atoms with Gasteiger partial charge in [0.05, 0.1) is 12.2 Å².